The predicted octanol–water partition coefficient (Wildman–Crippen LogP) is 1.49. The van der Waals surface area contributed by atoms with E-state index in [1.165, 1.54) is 11.8 Å². The number of carboxylic acids is 1. The Morgan fingerprint density at radius 3 is 3.00 bits per heavy atom. The van der Waals surface area contributed by atoms with E-state index in [0.29, 0.717) is 11.5 Å². The number of halogens is 1. The van der Waals surface area contributed by atoms with Crippen molar-refractivity contribution in [3.63, 3.8) is 0 Å². The number of nitrogens with two attached hydrogens (primary N) is 1. The Morgan fingerprint density at radius 1 is 1.67 bits per heavy atom. The highest BCUT2D eigenvalue weighted by Gasteiger charge is 2.10. The Morgan fingerprint density at radius 2 is 2.40 bits per heavy atom. The molecule has 0 bridgehead atoms. The summed E-state index contributed by atoms with van der Waals surface area (Å²) in [5.74, 6) is 0.157. The van der Waals surface area contributed by atoms with Gasteiger partial charge in [-0.3, -0.25) is 9.78 Å². The van der Waals surface area contributed by atoms with Crippen LogP contribution < -0.4 is 5.73 Å². The van der Waals surface area contributed by atoms with Crippen molar-refractivity contribution in [1.29, 1.82) is 0 Å². The van der Waals surface area contributed by atoms with Crippen LogP contribution in [-0.4, -0.2) is 27.9 Å². The Balaban J connectivity index is 2.35. The van der Waals surface area contributed by atoms with Crippen LogP contribution in [0.1, 0.15) is 5.56 Å². The van der Waals surface area contributed by atoms with E-state index in [-0.39, 0.29) is 0 Å². The molecule has 1 unspecified atom stereocenters. The lowest BCUT2D eigenvalue weighted by Gasteiger charge is -2.05. The Kier molecular flexibility index (Phi) is 5.07. The molecule has 82 valence electrons. The maximum absolute atomic E-state index is 10.4. The highest BCUT2D eigenvalue weighted by Crippen LogP contribution is 2.15. The van der Waals surface area contributed by atoms with Gasteiger partial charge in [0.15, 0.2) is 0 Å². The molecular formula is C9H11BrN2O2S. The molecule has 0 saturated carbocycles. The lowest BCUT2D eigenvalue weighted by Crippen LogP contribution is -2.32. The molecule has 0 spiro atoms. The number of pyridine rings is 1. The Bertz CT molecular complexity index is 349. The first-order chi connectivity index (χ1) is 7.09. The maximum atomic E-state index is 10.4. The molecule has 1 heterocycles. The third kappa shape index (κ3) is 4.63. The summed E-state index contributed by atoms with van der Waals surface area (Å²) in [5.41, 5.74) is 6.41. The fourth-order valence-corrected chi connectivity index (χ4v) is 2.23. The zero-order valence-electron chi connectivity index (χ0n) is 7.89. The summed E-state index contributed by atoms with van der Waals surface area (Å²) in [7, 11) is 0. The lowest BCUT2D eigenvalue weighted by molar-refractivity contribution is -0.137. The number of hydrogen-bond donors (Lipinski definition) is 2. The summed E-state index contributed by atoms with van der Waals surface area (Å²) in [6.07, 6.45) is 3.46. The van der Waals surface area contributed by atoms with Gasteiger partial charge in [0.1, 0.15) is 6.04 Å². The van der Waals surface area contributed by atoms with Gasteiger partial charge < -0.3 is 10.8 Å². The maximum Gasteiger partial charge on any atom is 0.321 e. The number of hydrogen-bond acceptors (Lipinski definition) is 4. The molecular weight excluding hydrogens is 280 g/mol. The van der Waals surface area contributed by atoms with Gasteiger partial charge in [0.05, 0.1) is 0 Å². The van der Waals surface area contributed by atoms with Gasteiger partial charge in [-0.15, -0.1) is 0 Å². The second kappa shape index (κ2) is 6.09. The molecule has 0 aliphatic carbocycles. The van der Waals surface area contributed by atoms with Gasteiger partial charge in [-0.25, -0.2) is 0 Å². The van der Waals surface area contributed by atoms with Gasteiger partial charge in [-0.1, -0.05) is 0 Å². The Labute approximate surface area is 100 Å². The van der Waals surface area contributed by atoms with Crippen molar-refractivity contribution < 1.29 is 9.90 Å². The number of thioether (sulfide) groups is 1. The van der Waals surface area contributed by atoms with Gasteiger partial charge in [0, 0.05) is 28.4 Å². The summed E-state index contributed by atoms with van der Waals surface area (Å²) >= 11 is 4.80. The van der Waals surface area contributed by atoms with E-state index in [4.69, 9.17) is 10.8 Å². The summed E-state index contributed by atoms with van der Waals surface area (Å²) in [4.78, 5) is 14.4. The van der Waals surface area contributed by atoms with Crippen molar-refractivity contribution in [2.24, 2.45) is 5.73 Å². The van der Waals surface area contributed by atoms with Crippen LogP contribution in [-0.2, 0) is 10.5 Å². The number of aliphatic carboxylic acids is 1. The molecule has 0 aromatic carbocycles. The fourth-order valence-electron chi connectivity index (χ4n) is 0.910. The van der Waals surface area contributed by atoms with E-state index in [1.807, 2.05) is 6.07 Å². The van der Waals surface area contributed by atoms with E-state index >= 15 is 0 Å². The summed E-state index contributed by atoms with van der Waals surface area (Å²) < 4.78 is 0.920. The molecule has 3 N–H and O–H groups in total. The molecule has 0 saturated heterocycles. The summed E-state index contributed by atoms with van der Waals surface area (Å²) in [6.45, 7) is 0. The third-order valence-corrected chi connectivity index (χ3v) is 3.21. The van der Waals surface area contributed by atoms with Gasteiger partial charge in [0.25, 0.3) is 0 Å². The molecule has 4 nitrogen and oxygen atoms in total. The molecule has 0 amide bonds. The van der Waals surface area contributed by atoms with Crippen LogP contribution in [0.15, 0.2) is 22.9 Å². The quantitative estimate of drug-likeness (QED) is 0.859. The van der Waals surface area contributed by atoms with Crippen LogP contribution in [0.5, 0.6) is 0 Å². The average Bonchev–Trinajstić information content (AvgIpc) is 2.17. The smallest absolute Gasteiger partial charge is 0.321 e. The van der Waals surface area contributed by atoms with Crippen molar-refractivity contribution in [3.8, 4) is 0 Å². The molecule has 0 fully saturated rings. The number of carbonyl (C=O) groups is 1. The highest BCUT2D eigenvalue weighted by molar-refractivity contribution is 9.10. The lowest BCUT2D eigenvalue weighted by atomic mass is 10.3. The Hall–Kier alpha value is -0.590. The second-order valence-corrected chi connectivity index (χ2v) is 4.92. The second-order valence-electron chi connectivity index (χ2n) is 2.97. The molecule has 6 heteroatoms. The standard InChI is InChI=1S/C9H11BrN2O2S/c10-7-1-6(2-12-3-7)4-15-5-8(11)9(13)14/h1-3,8H,4-5,11H2,(H,13,14). The van der Waals surface area contributed by atoms with Crippen LogP contribution in [0.4, 0.5) is 0 Å². The van der Waals surface area contributed by atoms with E-state index < -0.39 is 12.0 Å². The van der Waals surface area contributed by atoms with E-state index in [0.717, 1.165) is 10.0 Å². The zero-order chi connectivity index (χ0) is 11.3. The minimum Gasteiger partial charge on any atom is -0.480 e. The average molecular weight is 291 g/mol. The summed E-state index contributed by atoms with van der Waals surface area (Å²) in [6, 6.07) is 1.15. The number of nitrogens with zero attached hydrogens (tertiary/aromatic N) is 1. The number of carboxylic acid groups (broad SMARTS) is 1. The minimum absolute atomic E-state index is 0.405. The van der Waals surface area contributed by atoms with Crippen LogP contribution in [0.3, 0.4) is 0 Å². The molecule has 0 radical (unpaired) electrons. The van der Waals surface area contributed by atoms with Crippen molar-refractivity contribution in [2.75, 3.05) is 5.75 Å². The monoisotopic (exact) mass is 290 g/mol. The first-order valence-electron chi connectivity index (χ1n) is 4.25. The highest BCUT2D eigenvalue weighted by atomic mass is 79.9. The zero-order valence-corrected chi connectivity index (χ0v) is 10.3. The van der Waals surface area contributed by atoms with Crippen molar-refractivity contribution in [3.05, 3.63) is 28.5 Å². The predicted molar refractivity (Wildman–Crippen MR) is 63.7 cm³/mol. The SMILES string of the molecule is NC(CSCc1cncc(Br)c1)C(=O)O. The molecule has 0 aliphatic rings. The van der Waals surface area contributed by atoms with E-state index in [2.05, 4.69) is 20.9 Å². The van der Waals surface area contributed by atoms with Crippen molar-refractivity contribution in [1.82, 2.24) is 4.98 Å². The van der Waals surface area contributed by atoms with Gasteiger partial charge in [-0.2, -0.15) is 11.8 Å². The van der Waals surface area contributed by atoms with E-state index in [9.17, 15) is 4.79 Å². The van der Waals surface area contributed by atoms with Gasteiger partial charge in [0.2, 0.25) is 0 Å². The number of aromatic nitrogens is 1. The fraction of sp³-hybridized carbons (Fsp3) is 0.333. The molecule has 15 heavy (non-hydrogen) atoms. The van der Waals surface area contributed by atoms with Crippen molar-refractivity contribution in [2.45, 2.75) is 11.8 Å². The van der Waals surface area contributed by atoms with Crippen LogP contribution >= 0.6 is 27.7 Å². The van der Waals surface area contributed by atoms with Crippen LogP contribution in [0.25, 0.3) is 0 Å². The molecule has 1 aromatic heterocycles. The molecule has 1 aromatic rings. The molecule has 0 aliphatic heterocycles. The van der Waals surface area contributed by atoms with Crippen LogP contribution in [0, 0.1) is 0 Å². The van der Waals surface area contributed by atoms with Crippen molar-refractivity contribution >= 4 is 33.7 Å². The molecule has 1 rings (SSSR count). The van der Waals surface area contributed by atoms with E-state index in [1.54, 1.807) is 12.4 Å². The first-order valence-corrected chi connectivity index (χ1v) is 6.20. The minimum atomic E-state index is -0.963. The van der Waals surface area contributed by atoms with Crippen LogP contribution in [0.2, 0.25) is 0 Å². The third-order valence-electron chi connectivity index (χ3n) is 1.64. The van der Waals surface area contributed by atoms with Gasteiger partial charge in [-0.05, 0) is 27.6 Å². The van der Waals surface area contributed by atoms with Gasteiger partial charge >= 0.3 is 5.97 Å². The summed E-state index contributed by atoms with van der Waals surface area (Å²) in [5, 5.41) is 8.57. The first kappa shape index (κ1) is 12.5. The number of rotatable bonds is 5. The topological polar surface area (TPSA) is 76.2 Å². The normalized spacial score (nSPS) is 12.4. The largest absolute Gasteiger partial charge is 0.480 e. The molecule has 1 atom stereocenters.